The second-order valence-corrected chi connectivity index (χ2v) is 5.15. The second kappa shape index (κ2) is 4.68. The average molecular weight is 251 g/mol. The molecule has 17 heavy (non-hydrogen) atoms. The minimum atomic E-state index is -3.43. The van der Waals surface area contributed by atoms with Gasteiger partial charge >= 0.3 is 0 Å². The molecule has 0 saturated heterocycles. The molecule has 0 unspecified atom stereocenters. The van der Waals surface area contributed by atoms with Gasteiger partial charge in [-0.2, -0.15) is 0 Å². The summed E-state index contributed by atoms with van der Waals surface area (Å²) in [6, 6.07) is 6.77. The number of nitrogens with two attached hydrogens (primary N) is 1. The van der Waals surface area contributed by atoms with Crippen LogP contribution < -0.4 is 10.5 Å². The average Bonchev–Trinajstić information content (AvgIpc) is 2.58. The molecule has 5 nitrogen and oxygen atoms in total. The van der Waals surface area contributed by atoms with E-state index in [0.29, 0.717) is 24.5 Å². The minimum absolute atomic E-state index is 0.279. The van der Waals surface area contributed by atoms with Gasteiger partial charge in [-0.15, -0.1) is 0 Å². The molecule has 1 aliphatic heterocycles. The third kappa shape index (κ3) is 2.37. The maximum absolute atomic E-state index is 11.7. The Hall–Kier alpha value is -1.66. The number of aliphatic imine (C=N–C) groups is 1. The zero-order valence-corrected chi connectivity index (χ0v) is 9.94. The number of rotatable bonds is 3. The fraction of sp³-hybridized carbons (Fsp3) is 0.182. The number of sulfonamides is 1. The maximum atomic E-state index is 11.7. The quantitative estimate of drug-likeness (QED) is 0.755. The summed E-state index contributed by atoms with van der Waals surface area (Å²) >= 11 is 0. The van der Waals surface area contributed by atoms with E-state index in [-0.39, 0.29) is 4.90 Å². The molecule has 0 spiro atoms. The van der Waals surface area contributed by atoms with E-state index in [9.17, 15) is 8.42 Å². The molecule has 3 N–H and O–H groups in total. The van der Waals surface area contributed by atoms with Crippen LogP contribution in [0.1, 0.15) is 5.56 Å². The maximum Gasteiger partial charge on any atom is 0.263 e. The van der Waals surface area contributed by atoms with Gasteiger partial charge in [0.25, 0.3) is 10.0 Å². The molecule has 1 aromatic rings. The number of amidine groups is 1. The molecule has 1 heterocycles. The van der Waals surface area contributed by atoms with Gasteiger partial charge in [0.2, 0.25) is 0 Å². The summed E-state index contributed by atoms with van der Waals surface area (Å²) in [6.07, 6.45) is 3.57. The van der Waals surface area contributed by atoms with Gasteiger partial charge in [-0.05, 0) is 12.1 Å². The standard InChI is InChI=1S/C11H13N3O2S/c12-7-3-4-8-13-11-9-5-1-2-6-10(9)17(15,16)14-11/h1-6H,7-8,12H2,(H,13,14)/b4-3+. The summed E-state index contributed by atoms with van der Waals surface area (Å²) in [5.41, 5.74) is 5.91. The van der Waals surface area contributed by atoms with E-state index in [4.69, 9.17) is 5.73 Å². The highest BCUT2D eigenvalue weighted by Gasteiger charge is 2.29. The lowest BCUT2D eigenvalue weighted by molar-refractivity contribution is 0.595. The highest BCUT2D eigenvalue weighted by Crippen LogP contribution is 2.21. The van der Waals surface area contributed by atoms with Crippen molar-refractivity contribution in [3.8, 4) is 0 Å². The van der Waals surface area contributed by atoms with E-state index in [1.807, 2.05) is 0 Å². The van der Waals surface area contributed by atoms with Crippen LogP contribution in [0.25, 0.3) is 0 Å². The van der Waals surface area contributed by atoms with Crippen molar-refractivity contribution in [3.05, 3.63) is 42.0 Å². The van der Waals surface area contributed by atoms with Gasteiger partial charge in [-0.3, -0.25) is 9.71 Å². The Bertz CT molecular complexity index is 576. The third-order valence-electron chi connectivity index (χ3n) is 2.32. The number of benzene rings is 1. The predicted octanol–water partition coefficient (Wildman–Crippen LogP) is 0.240. The summed E-state index contributed by atoms with van der Waals surface area (Å²) in [6.45, 7) is 0.858. The number of nitrogens with one attached hydrogen (secondary N) is 1. The van der Waals surface area contributed by atoms with Crippen molar-refractivity contribution >= 4 is 15.9 Å². The third-order valence-corrected chi connectivity index (χ3v) is 3.72. The Balaban J connectivity index is 2.32. The fourth-order valence-corrected chi connectivity index (χ4v) is 2.82. The van der Waals surface area contributed by atoms with Crippen LogP contribution in [0.15, 0.2) is 46.3 Å². The van der Waals surface area contributed by atoms with Crippen molar-refractivity contribution in [1.82, 2.24) is 4.72 Å². The van der Waals surface area contributed by atoms with Crippen LogP contribution >= 0.6 is 0 Å². The molecule has 0 atom stereocenters. The molecule has 90 valence electrons. The second-order valence-electron chi connectivity index (χ2n) is 3.50. The van der Waals surface area contributed by atoms with E-state index in [0.717, 1.165) is 0 Å². The van der Waals surface area contributed by atoms with Crippen LogP contribution in [0.5, 0.6) is 0 Å². The Morgan fingerprint density at radius 1 is 1.29 bits per heavy atom. The zero-order chi connectivity index (χ0) is 12.3. The molecule has 0 radical (unpaired) electrons. The lowest BCUT2D eigenvalue weighted by Gasteiger charge is -1.96. The molecular formula is C11H13N3O2S. The van der Waals surface area contributed by atoms with E-state index in [2.05, 4.69) is 9.71 Å². The van der Waals surface area contributed by atoms with Gasteiger partial charge in [-0.25, -0.2) is 8.42 Å². The van der Waals surface area contributed by atoms with Gasteiger partial charge in [0.05, 0.1) is 11.4 Å². The summed E-state index contributed by atoms with van der Waals surface area (Å²) in [5, 5.41) is 0. The predicted molar refractivity (Wildman–Crippen MR) is 66.4 cm³/mol. The van der Waals surface area contributed by atoms with Gasteiger partial charge in [0, 0.05) is 12.1 Å². The topological polar surface area (TPSA) is 84.5 Å². The molecular weight excluding hydrogens is 238 g/mol. The number of nitrogens with zero attached hydrogens (tertiary/aromatic N) is 1. The monoisotopic (exact) mass is 251 g/mol. The first-order valence-corrected chi connectivity index (χ1v) is 6.65. The van der Waals surface area contributed by atoms with E-state index in [1.54, 1.807) is 36.4 Å². The first kappa shape index (κ1) is 11.8. The summed E-state index contributed by atoms with van der Waals surface area (Å²) < 4.78 is 25.9. The summed E-state index contributed by atoms with van der Waals surface area (Å²) in [4.78, 5) is 4.46. The van der Waals surface area contributed by atoms with Crippen LogP contribution in [0.2, 0.25) is 0 Å². The van der Waals surface area contributed by atoms with Crippen LogP contribution in [-0.2, 0) is 10.0 Å². The fourth-order valence-electron chi connectivity index (χ4n) is 1.57. The van der Waals surface area contributed by atoms with Crippen molar-refractivity contribution < 1.29 is 8.42 Å². The van der Waals surface area contributed by atoms with Gasteiger partial charge in [0.1, 0.15) is 5.84 Å². The molecule has 0 fully saturated rings. The molecule has 6 heteroatoms. The first-order chi connectivity index (χ1) is 8.15. The normalized spacial score (nSPS) is 19.5. The van der Waals surface area contributed by atoms with E-state index in [1.165, 1.54) is 0 Å². The molecule has 0 amide bonds. The van der Waals surface area contributed by atoms with Crippen LogP contribution in [-0.4, -0.2) is 27.3 Å². The van der Waals surface area contributed by atoms with E-state index >= 15 is 0 Å². The van der Waals surface area contributed by atoms with Crippen molar-refractivity contribution in [2.24, 2.45) is 10.7 Å². The zero-order valence-electron chi connectivity index (χ0n) is 9.13. The molecule has 0 aliphatic carbocycles. The molecule has 1 aliphatic rings. The van der Waals surface area contributed by atoms with Crippen molar-refractivity contribution in [1.29, 1.82) is 0 Å². The van der Waals surface area contributed by atoms with Gasteiger partial charge in [-0.1, -0.05) is 24.3 Å². The van der Waals surface area contributed by atoms with Crippen molar-refractivity contribution in [2.75, 3.05) is 13.1 Å². The Morgan fingerprint density at radius 2 is 2.06 bits per heavy atom. The SMILES string of the molecule is NC/C=C/CN=C1NS(=O)(=O)c2ccccc21. The van der Waals surface area contributed by atoms with Gasteiger partial charge in [0.15, 0.2) is 0 Å². The highest BCUT2D eigenvalue weighted by atomic mass is 32.2. The van der Waals surface area contributed by atoms with Crippen molar-refractivity contribution in [3.63, 3.8) is 0 Å². The Kier molecular flexibility index (Phi) is 3.26. The molecule has 0 aromatic heterocycles. The molecule has 2 rings (SSSR count). The van der Waals surface area contributed by atoms with Crippen LogP contribution in [0.4, 0.5) is 0 Å². The lowest BCUT2D eigenvalue weighted by Crippen LogP contribution is -2.22. The number of hydrogen-bond acceptors (Lipinski definition) is 4. The number of hydrogen-bond donors (Lipinski definition) is 2. The summed E-state index contributed by atoms with van der Waals surface area (Å²) in [7, 11) is -3.43. The van der Waals surface area contributed by atoms with Gasteiger partial charge < -0.3 is 5.73 Å². The van der Waals surface area contributed by atoms with Crippen LogP contribution in [0, 0.1) is 0 Å². The Morgan fingerprint density at radius 3 is 2.82 bits per heavy atom. The minimum Gasteiger partial charge on any atom is -0.327 e. The molecule has 0 saturated carbocycles. The lowest BCUT2D eigenvalue weighted by atomic mass is 10.2. The highest BCUT2D eigenvalue weighted by molar-refractivity contribution is 7.90. The van der Waals surface area contributed by atoms with E-state index < -0.39 is 10.0 Å². The first-order valence-electron chi connectivity index (χ1n) is 5.17. The number of fused-ring (bicyclic) bond motifs is 1. The van der Waals surface area contributed by atoms with Crippen molar-refractivity contribution in [2.45, 2.75) is 4.90 Å². The smallest absolute Gasteiger partial charge is 0.263 e. The van der Waals surface area contributed by atoms with Crippen LogP contribution in [0.3, 0.4) is 0 Å². The Labute approximate surface area is 100 Å². The molecule has 1 aromatic carbocycles. The largest absolute Gasteiger partial charge is 0.327 e. The molecule has 0 bridgehead atoms. The summed E-state index contributed by atoms with van der Waals surface area (Å²) in [5.74, 6) is 0.391.